The SMILES string of the molecule is CC1(C)c2ccccc2-c2c1ccc1c2c2ccccc2n1-c1ccc(-c2nc(-c3ccccc3)nc(-c3ccc4ccccc4c3)n2)cc1. The van der Waals surface area contributed by atoms with Gasteiger partial charge in [0.2, 0.25) is 0 Å². The Hall–Kier alpha value is -6.39. The molecule has 0 N–H and O–H groups in total. The summed E-state index contributed by atoms with van der Waals surface area (Å²) in [5.41, 5.74) is 11.8. The van der Waals surface area contributed by atoms with E-state index in [0.717, 1.165) is 27.8 Å². The van der Waals surface area contributed by atoms with Gasteiger partial charge in [-0.25, -0.2) is 15.0 Å². The average Bonchev–Trinajstić information content (AvgIpc) is 3.63. The van der Waals surface area contributed by atoms with Gasteiger partial charge in [-0.05, 0) is 75.5 Å². The van der Waals surface area contributed by atoms with Crippen LogP contribution in [0.25, 0.3) is 83.6 Å². The van der Waals surface area contributed by atoms with Crippen molar-refractivity contribution >= 4 is 32.6 Å². The molecule has 0 spiro atoms. The molecule has 2 heterocycles. The van der Waals surface area contributed by atoms with Crippen molar-refractivity contribution in [2.75, 3.05) is 0 Å². The number of hydrogen-bond donors (Lipinski definition) is 0. The molecular formula is C46H32N4. The third-order valence-electron chi connectivity index (χ3n) is 10.4. The Labute approximate surface area is 290 Å². The van der Waals surface area contributed by atoms with E-state index < -0.39 is 0 Å². The molecule has 50 heavy (non-hydrogen) atoms. The van der Waals surface area contributed by atoms with Crippen LogP contribution in [-0.2, 0) is 5.41 Å². The number of fused-ring (bicyclic) bond motifs is 8. The Morgan fingerprint density at radius 1 is 0.460 bits per heavy atom. The van der Waals surface area contributed by atoms with E-state index in [1.165, 1.54) is 49.4 Å². The fraction of sp³-hybridized carbons (Fsp3) is 0.0652. The number of para-hydroxylation sites is 1. The van der Waals surface area contributed by atoms with Crippen LogP contribution in [0.1, 0.15) is 25.0 Å². The summed E-state index contributed by atoms with van der Waals surface area (Å²) in [6.45, 7) is 4.69. The van der Waals surface area contributed by atoms with E-state index in [1.54, 1.807) is 0 Å². The Morgan fingerprint density at radius 3 is 1.88 bits per heavy atom. The molecule has 4 nitrogen and oxygen atoms in total. The summed E-state index contributed by atoms with van der Waals surface area (Å²) < 4.78 is 2.39. The molecule has 0 bridgehead atoms. The summed E-state index contributed by atoms with van der Waals surface area (Å²) in [7, 11) is 0. The largest absolute Gasteiger partial charge is 0.309 e. The maximum absolute atomic E-state index is 5.04. The van der Waals surface area contributed by atoms with E-state index in [9.17, 15) is 0 Å². The van der Waals surface area contributed by atoms with Crippen molar-refractivity contribution in [3.8, 4) is 51.0 Å². The third kappa shape index (κ3) is 4.28. The van der Waals surface area contributed by atoms with Crippen LogP contribution in [-0.4, -0.2) is 19.5 Å². The lowest BCUT2D eigenvalue weighted by Gasteiger charge is -2.21. The quantitative estimate of drug-likeness (QED) is 0.192. The molecule has 0 saturated heterocycles. The minimum absolute atomic E-state index is 0.0557. The summed E-state index contributed by atoms with van der Waals surface area (Å²) in [5.74, 6) is 1.96. The predicted octanol–water partition coefficient (Wildman–Crippen LogP) is 11.4. The van der Waals surface area contributed by atoms with Crippen LogP contribution in [0.3, 0.4) is 0 Å². The molecule has 10 rings (SSSR count). The molecule has 0 radical (unpaired) electrons. The Kier molecular flexibility index (Phi) is 6.19. The zero-order chi connectivity index (χ0) is 33.4. The molecule has 1 aliphatic rings. The van der Waals surface area contributed by atoms with Crippen LogP contribution in [0.4, 0.5) is 0 Å². The standard InChI is InChI=1S/C46H32N4/c1-46(2)37-18-10-8-16-35(37)41-38(46)26-27-40-42(41)36-17-9-11-19-39(36)50(40)34-24-22-31(23-25-34)44-47-43(30-13-4-3-5-14-30)48-45(49-44)33-21-20-29-12-6-7-15-32(29)28-33/h3-28H,1-2H3. The van der Waals surface area contributed by atoms with Crippen LogP contribution in [0.5, 0.6) is 0 Å². The van der Waals surface area contributed by atoms with Crippen molar-refractivity contribution in [2.24, 2.45) is 0 Å². The highest BCUT2D eigenvalue weighted by atomic mass is 15.0. The first-order valence-corrected chi connectivity index (χ1v) is 17.1. The highest BCUT2D eigenvalue weighted by Crippen LogP contribution is 2.53. The normalized spacial score (nSPS) is 13.2. The molecule has 0 amide bonds. The zero-order valence-corrected chi connectivity index (χ0v) is 27.8. The summed E-state index contributed by atoms with van der Waals surface area (Å²) in [4.78, 5) is 15.0. The van der Waals surface area contributed by atoms with E-state index >= 15 is 0 Å². The Morgan fingerprint density at radius 2 is 1.08 bits per heavy atom. The second kappa shape index (κ2) is 10.8. The van der Waals surface area contributed by atoms with Crippen molar-refractivity contribution in [3.05, 3.63) is 169 Å². The molecule has 1 aliphatic carbocycles. The third-order valence-corrected chi connectivity index (χ3v) is 10.4. The summed E-state index contributed by atoms with van der Waals surface area (Å²) in [6.07, 6.45) is 0. The minimum atomic E-state index is -0.0557. The van der Waals surface area contributed by atoms with Crippen LogP contribution in [0, 0.1) is 0 Å². The van der Waals surface area contributed by atoms with Crippen LogP contribution >= 0.6 is 0 Å². The monoisotopic (exact) mass is 640 g/mol. The fourth-order valence-corrected chi connectivity index (χ4v) is 7.97. The Bertz CT molecular complexity index is 2770. The van der Waals surface area contributed by atoms with E-state index in [1.807, 2.05) is 30.3 Å². The van der Waals surface area contributed by atoms with Gasteiger partial charge in [-0.1, -0.05) is 129 Å². The van der Waals surface area contributed by atoms with E-state index in [0.29, 0.717) is 17.5 Å². The van der Waals surface area contributed by atoms with Gasteiger partial charge in [0.25, 0.3) is 0 Å². The highest BCUT2D eigenvalue weighted by Gasteiger charge is 2.37. The maximum Gasteiger partial charge on any atom is 0.164 e. The molecule has 0 atom stereocenters. The number of nitrogens with zero attached hydrogens (tertiary/aromatic N) is 4. The van der Waals surface area contributed by atoms with Gasteiger partial charge in [0.05, 0.1) is 11.0 Å². The van der Waals surface area contributed by atoms with Gasteiger partial charge in [0.1, 0.15) is 0 Å². The van der Waals surface area contributed by atoms with Crippen LogP contribution in [0.15, 0.2) is 158 Å². The summed E-state index contributed by atoms with van der Waals surface area (Å²) in [6, 6.07) is 55.9. The van der Waals surface area contributed by atoms with E-state index in [-0.39, 0.29) is 5.41 Å². The number of aromatic nitrogens is 4. The van der Waals surface area contributed by atoms with E-state index in [2.05, 4.69) is 146 Å². The number of hydrogen-bond acceptors (Lipinski definition) is 3. The second-order valence-corrected chi connectivity index (χ2v) is 13.7. The van der Waals surface area contributed by atoms with Gasteiger partial charge in [0, 0.05) is 38.6 Å². The first kappa shape index (κ1) is 28.6. The first-order valence-electron chi connectivity index (χ1n) is 17.1. The van der Waals surface area contributed by atoms with Crippen LogP contribution in [0.2, 0.25) is 0 Å². The molecule has 2 aromatic heterocycles. The maximum atomic E-state index is 5.04. The first-order chi connectivity index (χ1) is 24.5. The number of benzene rings is 7. The molecule has 0 fully saturated rings. The topological polar surface area (TPSA) is 43.6 Å². The van der Waals surface area contributed by atoms with Gasteiger partial charge in [0.15, 0.2) is 17.5 Å². The molecule has 0 aliphatic heterocycles. The average molecular weight is 641 g/mol. The second-order valence-electron chi connectivity index (χ2n) is 13.7. The zero-order valence-electron chi connectivity index (χ0n) is 27.8. The molecule has 0 unspecified atom stereocenters. The van der Waals surface area contributed by atoms with Crippen molar-refractivity contribution in [3.63, 3.8) is 0 Å². The van der Waals surface area contributed by atoms with Gasteiger partial charge >= 0.3 is 0 Å². The highest BCUT2D eigenvalue weighted by molar-refractivity contribution is 6.17. The Balaban J connectivity index is 1.13. The van der Waals surface area contributed by atoms with Crippen LogP contribution < -0.4 is 0 Å². The molecular weight excluding hydrogens is 609 g/mol. The molecule has 236 valence electrons. The van der Waals surface area contributed by atoms with Gasteiger partial charge < -0.3 is 4.57 Å². The molecule has 0 saturated carbocycles. The summed E-state index contributed by atoms with van der Waals surface area (Å²) >= 11 is 0. The predicted molar refractivity (Wildman–Crippen MR) is 206 cm³/mol. The van der Waals surface area contributed by atoms with Crippen molar-refractivity contribution < 1.29 is 0 Å². The van der Waals surface area contributed by atoms with Crippen molar-refractivity contribution in [1.29, 1.82) is 0 Å². The summed E-state index contributed by atoms with van der Waals surface area (Å²) in [5, 5.41) is 4.92. The smallest absolute Gasteiger partial charge is 0.164 e. The molecule has 9 aromatic rings. The van der Waals surface area contributed by atoms with E-state index in [4.69, 9.17) is 15.0 Å². The molecule has 4 heteroatoms. The van der Waals surface area contributed by atoms with Gasteiger partial charge in [-0.15, -0.1) is 0 Å². The number of rotatable bonds is 4. The van der Waals surface area contributed by atoms with Gasteiger partial charge in [-0.3, -0.25) is 0 Å². The van der Waals surface area contributed by atoms with Gasteiger partial charge in [-0.2, -0.15) is 0 Å². The lowest BCUT2D eigenvalue weighted by Crippen LogP contribution is -2.14. The minimum Gasteiger partial charge on any atom is -0.309 e. The lowest BCUT2D eigenvalue weighted by molar-refractivity contribution is 0.661. The fourth-order valence-electron chi connectivity index (χ4n) is 7.97. The van der Waals surface area contributed by atoms with Crippen molar-refractivity contribution in [1.82, 2.24) is 19.5 Å². The lowest BCUT2D eigenvalue weighted by atomic mass is 9.82. The van der Waals surface area contributed by atoms with Crippen molar-refractivity contribution in [2.45, 2.75) is 19.3 Å². The molecule has 7 aromatic carbocycles.